The second-order valence-electron chi connectivity index (χ2n) is 5.55. The summed E-state index contributed by atoms with van der Waals surface area (Å²) < 4.78 is 0. The Balaban J connectivity index is 1.86. The number of carboxylic acid groups (broad SMARTS) is 1. The van der Waals surface area contributed by atoms with Crippen molar-refractivity contribution in [3.05, 3.63) is 0 Å². The lowest BCUT2D eigenvalue weighted by Crippen LogP contribution is -2.51. The molecule has 0 aromatic rings. The summed E-state index contributed by atoms with van der Waals surface area (Å²) in [5.41, 5.74) is -1.09. The molecule has 4 heteroatoms. The second kappa shape index (κ2) is 4.67. The van der Waals surface area contributed by atoms with Crippen LogP contribution in [0.15, 0.2) is 0 Å². The molecule has 0 saturated heterocycles. The van der Waals surface area contributed by atoms with Crippen molar-refractivity contribution in [1.82, 2.24) is 4.90 Å². The Morgan fingerprint density at radius 2 is 1.94 bits per heavy atom. The van der Waals surface area contributed by atoms with E-state index in [0.717, 1.165) is 18.8 Å². The minimum Gasteiger partial charge on any atom is -0.480 e. The Morgan fingerprint density at radius 1 is 1.29 bits per heavy atom. The van der Waals surface area contributed by atoms with Gasteiger partial charge in [-0.3, -0.25) is 9.59 Å². The van der Waals surface area contributed by atoms with Gasteiger partial charge < -0.3 is 10.0 Å². The second-order valence-corrected chi connectivity index (χ2v) is 5.55. The smallest absolute Gasteiger partial charge is 0.319 e. The zero-order chi connectivity index (χ0) is 12.5. The summed E-state index contributed by atoms with van der Waals surface area (Å²) in [5, 5.41) is 9.19. The molecule has 2 fully saturated rings. The van der Waals surface area contributed by atoms with Gasteiger partial charge in [0.1, 0.15) is 5.41 Å². The first kappa shape index (κ1) is 12.4. The molecule has 2 saturated carbocycles. The average molecular weight is 239 g/mol. The van der Waals surface area contributed by atoms with Gasteiger partial charge in [-0.05, 0) is 25.2 Å². The number of aliphatic carboxylic acids is 1. The van der Waals surface area contributed by atoms with Crippen LogP contribution in [0.3, 0.4) is 0 Å². The van der Waals surface area contributed by atoms with Crippen LogP contribution in [-0.2, 0) is 9.59 Å². The van der Waals surface area contributed by atoms with Crippen molar-refractivity contribution >= 4 is 11.9 Å². The van der Waals surface area contributed by atoms with Gasteiger partial charge >= 0.3 is 5.97 Å². The van der Waals surface area contributed by atoms with Gasteiger partial charge in [0.05, 0.1) is 0 Å². The number of carboxylic acids is 1. The quantitative estimate of drug-likeness (QED) is 0.745. The maximum Gasteiger partial charge on any atom is 0.319 e. The highest BCUT2D eigenvalue weighted by molar-refractivity contribution is 6.02. The van der Waals surface area contributed by atoms with Gasteiger partial charge in [0.15, 0.2) is 0 Å². The van der Waals surface area contributed by atoms with Gasteiger partial charge in [-0.25, -0.2) is 0 Å². The van der Waals surface area contributed by atoms with E-state index in [0.29, 0.717) is 19.4 Å². The topological polar surface area (TPSA) is 57.6 Å². The molecule has 1 amide bonds. The van der Waals surface area contributed by atoms with Crippen LogP contribution >= 0.6 is 0 Å². The molecule has 2 aliphatic carbocycles. The fourth-order valence-electron chi connectivity index (χ4n) is 2.67. The predicted octanol–water partition coefficient (Wildman–Crippen LogP) is 1.89. The number of nitrogens with zero attached hydrogens (tertiary/aromatic N) is 1. The van der Waals surface area contributed by atoms with E-state index in [4.69, 9.17) is 0 Å². The van der Waals surface area contributed by atoms with Gasteiger partial charge in [0, 0.05) is 13.6 Å². The molecule has 2 rings (SSSR count). The normalized spacial score (nSPS) is 22.4. The average Bonchev–Trinajstić information content (AvgIpc) is 2.12. The van der Waals surface area contributed by atoms with Crippen LogP contribution in [0.4, 0.5) is 0 Å². The van der Waals surface area contributed by atoms with Crippen molar-refractivity contribution in [3.63, 3.8) is 0 Å². The highest BCUT2D eigenvalue weighted by atomic mass is 16.4. The van der Waals surface area contributed by atoms with Gasteiger partial charge in [0.2, 0.25) is 5.91 Å². The summed E-state index contributed by atoms with van der Waals surface area (Å²) in [5.74, 6) is -0.368. The molecule has 0 aromatic carbocycles. The maximum absolute atomic E-state index is 12.2. The van der Waals surface area contributed by atoms with Crippen LogP contribution in [-0.4, -0.2) is 35.5 Å². The molecule has 0 bridgehead atoms. The molecule has 0 aliphatic heterocycles. The van der Waals surface area contributed by atoms with Crippen molar-refractivity contribution in [2.75, 3.05) is 13.6 Å². The van der Waals surface area contributed by atoms with E-state index < -0.39 is 11.4 Å². The molecular weight excluding hydrogens is 218 g/mol. The Bertz CT molecular complexity index is 319. The molecule has 0 heterocycles. The van der Waals surface area contributed by atoms with Crippen LogP contribution in [0.5, 0.6) is 0 Å². The van der Waals surface area contributed by atoms with Crippen molar-refractivity contribution in [2.45, 2.75) is 44.9 Å². The summed E-state index contributed by atoms with van der Waals surface area (Å²) in [6.07, 6.45) is 6.75. The van der Waals surface area contributed by atoms with Crippen molar-refractivity contribution in [1.29, 1.82) is 0 Å². The van der Waals surface area contributed by atoms with Crippen LogP contribution in [0.25, 0.3) is 0 Å². The third kappa shape index (κ3) is 2.17. The molecule has 4 nitrogen and oxygen atoms in total. The van der Waals surface area contributed by atoms with E-state index in [9.17, 15) is 14.7 Å². The molecule has 0 radical (unpaired) electrons. The van der Waals surface area contributed by atoms with E-state index in [1.807, 2.05) is 0 Å². The number of amides is 1. The molecule has 1 N–H and O–H groups in total. The first-order chi connectivity index (χ1) is 8.06. The Hall–Kier alpha value is -1.06. The highest BCUT2D eigenvalue weighted by Gasteiger charge is 2.52. The first-order valence-electron chi connectivity index (χ1n) is 6.55. The summed E-state index contributed by atoms with van der Waals surface area (Å²) in [4.78, 5) is 25.0. The van der Waals surface area contributed by atoms with Gasteiger partial charge in [0.25, 0.3) is 0 Å². The largest absolute Gasteiger partial charge is 0.480 e. The summed E-state index contributed by atoms with van der Waals surface area (Å²) >= 11 is 0. The van der Waals surface area contributed by atoms with Crippen LogP contribution < -0.4 is 0 Å². The van der Waals surface area contributed by atoms with Crippen LogP contribution in [0, 0.1) is 11.3 Å². The third-order valence-corrected chi connectivity index (χ3v) is 4.47. The monoisotopic (exact) mass is 239 g/mol. The van der Waals surface area contributed by atoms with E-state index in [1.165, 1.54) is 19.3 Å². The van der Waals surface area contributed by atoms with Crippen molar-refractivity contribution < 1.29 is 14.7 Å². The fourth-order valence-corrected chi connectivity index (χ4v) is 2.67. The van der Waals surface area contributed by atoms with Crippen molar-refractivity contribution in [2.24, 2.45) is 11.3 Å². The summed E-state index contributed by atoms with van der Waals surface area (Å²) in [6, 6.07) is 0. The van der Waals surface area contributed by atoms with E-state index >= 15 is 0 Å². The molecule has 0 atom stereocenters. The van der Waals surface area contributed by atoms with Gasteiger partial charge in [-0.2, -0.15) is 0 Å². The van der Waals surface area contributed by atoms with Crippen LogP contribution in [0.2, 0.25) is 0 Å². The minimum atomic E-state index is -1.09. The zero-order valence-corrected chi connectivity index (χ0v) is 10.4. The number of rotatable bonds is 5. The predicted molar refractivity (Wildman–Crippen MR) is 63.5 cm³/mol. The lowest BCUT2D eigenvalue weighted by Gasteiger charge is -2.39. The van der Waals surface area contributed by atoms with E-state index in [2.05, 4.69) is 0 Å². The Morgan fingerprint density at radius 3 is 2.29 bits per heavy atom. The number of carbonyl (C=O) groups is 2. The molecule has 17 heavy (non-hydrogen) atoms. The lowest BCUT2D eigenvalue weighted by atomic mass is 9.67. The SMILES string of the molecule is CN(CCC1CCC1)C(=O)C1(C(=O)O)CCC1. The van der Waals surface area contributed by atoms with Crippen molar-refractivity contribution in [3.8, 4) is 0 Å². The standard InChI is InChI=1S/C13H21NO3/c1-14(9-6-10-4-2-5-10)11(15)13(12(16)17)7-3-8-13/h10H,2-9H2,1H3,(H,16,17). The lowest BCUT2D eigenvalue weighted by molar-refractivity contribution is -0.166. The molecule has 2 aliphatic rings. The fraction of sp³-hybridized carbons (Fsp3) is 0.846. The zero-order valence-electron chi connectivity index (χ0n) is 10.4. The molecule has 96 valence electrons. The summed E-state index contributed by atoms with van der Waals surface area (Å²) in [7, 11) is 1.74. The van der Waals surface area contributed by atoms with Gasteiger partial charge in [-0.15, -0.1) is 0 Å². The number of hydrogen-bond donors (Lipinski definition) is 1. The number of hydrogen-bond acceptors (Lipinski definition) is 2. The van der Waals surface area contributed by atoms with E-state index in [-0.39, 0.29) is 5.91 Å². The Kier molecular flexibility index (Phi) is 3.40. The molecule has 0 aromatic heterocycles. The summed E-state index contributed by atoms with van der Waals surface area (Å²) in [6.45, 7) is 0.707. The Labute approximate surface area is 102 Å². The molecule has 0 unspecified atom stereocenters. The highest BCUT2D eigenvalue weighted by Crippen LogP contribution is 2.42. The maximum atomic E-state index is 12.2. The minimum absolute atomic E-state index is 0.185. The third-order valence-electron chi connectivity index (χ3n) is 4.47. The van der Waals surface area contributed by atoms with Gasteiger partial charge in [-0.1, -0.05) is 25.7 Å². The van der Waals surface area contributed by atoms with Crippen LogP contribution in [0.1, 0.15) is 44.9 Å². The molecular formula is C13H21NO3. The van der Waals surface area contributed by atoms with E-state index in [1.54, 1.807) is 11.9 Å². The molecule has 0 spiro atoms. The first-order valence-corrected chi connectivity index (χ1v) is 6.55. The number of carbonyl (C=O) groups excluding carboxylic acids is 1.